The topological polar surface area (TPSA) is 63.1 Å². The zero-order valence-electron chi connectivity index (χ0n) is 16.8. The number of hydrogen-bond acceptors (Lipinski definition) is 5. The molecule has 0 saturated heterocycles. The predicted molar refractivity (Wildman–Crippen MR) is 114 cm³/mol. The SMILES string of the molecule is Cc1ccc(-c2nc(N/C(=C\C=O)CN3CCc4ccccc4C3)n(C)n2)cc1. The fraction of sp³-hybridized carbons (Fsp3) is 0.261. The minimum atomic E-state index is 0.617. The maximum absolute atomic E-state index is 11.2. The molecule has 2 aromatic carbocycles. The second-order valence-corrected chi connectivity index (χ2v) is 7.43. The number of carbonyl (C=O) groups excluding carboxylic acids is 1. The van der Waals surface area contributed by atoms with Gasteiger partial charge in [-0.1, -0.05) is 54.1 Å². The number of hydrogen-bond donors (Lipinski definition) is 1. The Morgan fingerprint density at radius 3 is 2.66 bits per heavy atom. The standard InChI is InChI=1S/C23H25N5O/c1-17-7-9-19(10-8-17)22-25-23(27(2)26-22)24-21(12-14-29)16-28-13-11-18-5-3-4-6-20(18)15-28/h3-10,12,14H,11,13,15-16H2,1-2H3,(H,24,25,26)/b21-12-. The normalized spacial score (nSPS) is 14.5. The van der Waals surface area contributed by atoms with Crippen molar-refractivity contribution in [2.75, 3.05) is 18.4 Å². The average Bonchev–Trinajstić information content (AvgIpc) is 3.09. The van der Waals surface area contributed by atoms with Gasteiger partial charge in [-0.3, -0.25) is 9.69 Å². The lowest BCUT2D eigenvalue weighted by molar-refractivity contribution is -0.104. The van der Waals surface area contributed by atoms with Gasteiger partial charge in [0.15, 0.2) is 5.82 Å². The van der Waals surface area contributed by atoms with Gasteiger partial charge in [-0.25, -0.2) is 4.68 Å². The Morgan fingerprint density at radius 1 is 1.14 bits per heavy atom. The molecule has 2 heterocycles. The van der Waals surface area contributed by atoms with Crippen molar-refractivity contribution in [3.05, 3.63) is 77.0 Å². The van der Waals surface area contributed by atoms with Crippen LogP contribution in [0.25, 0.3) is 11.4 Å². The number of nitrogens with zero attached hydrogens (tertiary/aromatic N) is 4. The van der Waals surface area contributed by atoms with Crippen LogP contribution < -0.4 is 5.32 Å². The van der Waals surface area contributed by atoms with Gasteiger partial charge in [0.2, 0.25) is 5.95 Å². The maximum Gasteiger partial charge on any atom is 0.225 e. The molecule has 1 aliphatic heterocycles. The van der Waals surface area contributed by atoms with Crippen molar-refractivity contribution < 1.29 is 4.79 Å². The Morgan fingerprint density at radius 2 is 1.90 bits per heavy atom. The summed E-state index contributed by atoms with van der Waals surface area (Å²) < 4.78 is 1.71. The highest BCUT2D eigenvalue weighted by Crippen LogP contribution is 2.21. The highest BCUT2D eigenvalue weighted by atomic mass is 16.1. The van der Waals surface area contributed by atoms with Gasteiger partial charge in [0.1, 0.15) is 6.29 Å². The van der Waals surface area contributed by atoms with Crippen molar-refractivity contribution in [2.45, 2.75) is 19.9 Å². The van der Waals surface area contributed by atoms with Gasteiger partial charge in [-0.15, -0.1) is 5.10 Å². The molecule has 148 valence electrons. The molecule has 3 aromatic rings. The number of aromatic nitrogens is 3. The van der Waals surface area contributed by atoms with Gasteiger partial charge in [0, 0.05) is 37.9 Å². The van der Waals surface area contributed by atoms with E-state index in [4.69, 9.17) is 0 Å². The molecule has 0 fully saturated rings. The minimum absolute atomic E-state index is 0.617. The van der Waals surface area contributed by atoms with Crippen molar-refractivity contribution in [3.8, 4) is 11.4 Å². The average molecular weight is 387 g/mol. The van der Waals surface area contributed by atoms with Crippen molar-refractivity contribution in [1.82, 2.24) is 19.7 Å². The number of aryl methyl sites for hydroxylation is 2. The molecule has 0 saturated carbocycles. The predicted octanol–water partition coefficient (Wildman–Crippen LogP) is 3.34. The van der Waals surface area contributed by atoms with E-state index < -0.39 is 0 Å². The Kier molecular flexibility index (Phi) is 5.53. The van der Waals surface area contributed by atoms with Crippen molar-refractivity contribution in [3.63, 3.8) is 0 Å². The molecule has 4 rings (SSSR count). The summed E-state index contributed by atoms with van der Waals surface area (Å²) in [6, 6.07) is 16.7. The van der Waals surface area contributed by atoms with Crippen LogP contribution in [0.3, 0.4) is 0 Å². The van der Waals surface area contributed by atoms with E-state index in [1.165, 1.54) is 16.7 Å². The number of aldehydes is 1. The van der Waals surface area contributed by atoms with Crippen LogP contribution in [0.2, 0.25) is 0 Å². The van der Waals surface area contributed by atoms with E-state index in [0.717, 1.165) is 37.1 Å². The number of rotatable bonds is 6. The third kappa shape index (κ3) is 4.43. The molecule has 0 aliphatic carbocycles. The first-order chi connectivity index (χ1) is 14.1. The fourth-order valence-corrected chi connectivity index (χ4v) is 3.61. The zero-order valence-corrected chi connectivity index (χ0v) is 16.8. The largest absolute Gasteiger partial charge is 0.327 e. The van der Waals surface area contributed by atoms with E-state index in [-0.39, 0.29) is 0 Å². The van der Waals surface area contributed by atoms with Crippen LogP contribution in [0.1, 0.15) is 16.7 Å². The molecule has 0 bridgehead atoms. The maximum atomic E-state index is 11.2. The van der Waals surface area contributed by atoms with Gasteiger partial charge >= 0.3 is 0 Å². The van der Waals surface area contributed by atoms with Gasteiger partial charge in [0.25, 0.3) is 0 Å². The number of fused-ring (bicyclic) bond motifs is 1. The van der Waals surface area contributed by atoms with Crippen LogP contribution in [0.15, 0.2) is 60.3 Å². The highest BCUT2D eigenvalue weighted by Gasteiger charge is 2.18. The first-order valence-corrected chi connectivity index (χ1v) is 9.81. The number of carbonyl (C=O) groups is 1. The summed E-state index contributed by atoms with van der Waals surface area (Å²) in [4.78, 5) is 18.2. The number of benzene rings is 2. The Labute approximate surface area is 170 Å². The van der Waals surface area contributed by atoms with Crippen LogP contribution >= 0.6 is 0 Å². The molecule has 0 radical (unpaired) electrons. The lowest BCUT2D eigenvalue weighted by Crippen LogP contribution is -2.33. The van der Waals surface area contributed by atoms with Crippen molar-refractivity contribution >= 4 is 12.2 Å². The van der Waals surface area contributed by atoms with Gasteiger partial charge in [-0.2, -0.15) is 4.98 Å². The Bertz CT molecular complexity index is 1040. The lowest BCUT2D eigenvalue weighted by atomic mass is 10.00. The molecule has 0 atom stereocenters. The summed E-state index contributed by atoms with van der Waals surface area (Å²) in [6.45, 7) is 4.54. The number of allylic oxidation sites excluding steroid dienone is 1. The summed E-state index contributed by atoms with van der Waals surface area (Å²) in [5.41, 5.74) is 5.73. The molecule has 6 heteroatoms. The summed E-state index contributed by atoms with van der Waals surface area (Å²) in [7, 11) is 1.85. The molecule has 0 amide bonds. The van der Waals surface area contributed by atoms with Gasteiger partial charge in [0.05, 0.1) is 0 Å². The lowest BCUT2D eigenvalue weighted by Gasteiger charge is -2.29. The van der Waals surface area contributed by atoms with E-state index in [2.05, 4.69) is 51.5 Å². The van der Waals surface area contributed by atoms with Crippen LogP contribution in [0.4, 0.5) is 5.95 Å². The van der Waals surface area contributed by atoms with Gasteiger partial charge < -0.3 is 5.32 Å². The molecule has 6 nitrogen and oxygen atoms in total. The molecular formula is C23H25N5O. The summed E-state index contributed by atoms with van der Waals surface area (Å²) >= 11 is 0. The summed E-state index contributed by atoms with van der Waals surface area (Å²) in [5, 5.41) is 7.81. The molecule has 1 aliphatic rings. The zero-order chi connectivity index (χ0) is 20.2. The van der Waals surface area contributed by atoms with E-state index >= 15 is 0 Å². The second kappa shape index (κ2) is 8.41. The third-order valence-corrected chi connectivity index (χ3v) is 5.22. The first kappa shape index (κ1) is 19.1. The smallest absolute Gasteiger partial charge is 0.225 e. The number of nitrogens with one attached hydrogen (secondary N) is 1. The first-order valence-electron chi connectivity index (χ1n) is 9.81. The fourth-order valence-electron chi connectivity index (χ4n) is 3.61. The molecule has 29 heavy (non-hydrogen) atoms. The van der Waals surface area contributed by atoms with E-state index in [0.29, 0.717) is 18.3 Å². The number of anilines is 1. The molecular weight excluding hydrogens is 362 g/mol. The third-order valence-electron chi connectivity index (χ3n) is 5.22. The monoisotopic (exact) mass is 387 g/mol. The highest BCUT2D eigenvalue weighted by molar-refractivity contribution is 5.68. The van der Waals surface area contributed by atoms with E-state index in [9.17, 15) is 4.79 Å². The molecule has 1 aromatic heterocycles. The van der Waals surface area contributed by atoms with Crippen LogP contribution in [0, 0.1) is 6.92 Å². The molecule has 0 unspecified atom stereocenters. The Balaban J connectivity index is 1.49. The minimum Gasteiger partial charge on any atom is -0.327 e. The van der Waals surface area contributed by atoms with Crippen LogP contribution in [-0.4, -0.2) is 39.0 Å². The molecule has 1 N–H and O–H groups in total. The van der Waals surface area contributed by atoms with Crippen LogP contribution in [-0.2, 0) is 24.8 Å². The van der Waals surface area contributed by atoms with Gasteiger partial charge in [-0.05, 0) is 30.5 Å². The van der Waals surface area contributed by atoms with Crippen molar-refractivity contribution in [1.29, 1.82) is 0 Å². The van der Waals surface area contributed by atoms with Crippen LogP contribution in [0.5, 0.6) is 0 Å². The van der Waals surface area contributed by atoms with E-state index in [1.54, 1.807) is 10.8 Å². The van der Waals surface area contributed by atoms with E-state index in [1.807, 2.05) is 31.3 Å². The summed E-state index contributed by atoms with van der Waals surface area (Å²) in [6.07, 6.45) is 3.41. The second-order valence-electron chi connectivity index (χ2n) is 7.43. The molecule has 0 spiro atoms. The van der Waals surface area contributed by atoms with Crippen molar-refractivity contribution in [2.24, 2.45) is 7.05 Å². The summed E-state index contributed by atoms with van der Waals surface area (Å²) in [5.74, 6) is 1.28. The quantitative estimate of drug-likeness (QED) is 0.519. The Hall–Kier alpha value is -3.25.